The lowest BCUT2D eigenvalue weighted by Crippen LogP contribution is -2.24. The molecule has 2 aliphatic carbocycles. The van der Waals surface area contributed by atoms with Crippen LogP contribution in [0, 0.1) is 12.8 Å². The van der Waals surface area contributed by atoms with E-state index in [0.29, 0.717) is 26.8 Å². The van der Waals surface area contributed by atoms with Crippen molar-refractivity contribution in [1.82, 2.24) is 0 Å². The molecule has 0 heterocycles. The molecule has 0 aliphatic heterocycles. The number of benzene rings is 5. The van der Waals surface area contributed by atoms with Crippen LogP contribution in [0.25, 0.3) is 11.1 Å². The number of carbonyl (C=O) groups excluding carboxylic acids is 2. The van der Waals surface area contributed by atoms with E-state index in [0.717, 1.165) is 26.8 Å². The number of nitrogen functional groups attached to an aromatic ring is 1. The highest BCUT2D eigenvalue weighted by molar-refractivity contribution is 8.00. The minimum Gasteiger partial charge on any atom is -0.507 e. The van der Waals surface area contributed by atoms with Crippen LogP contribution >= 0.6 is 23.5 Å². The smallest absolute Gasteiger partial charge is 0.199 e. The van der Waals surface area contributed by atoms with Gasteiger partial charge in [0, 0.05) is 36.4 Å². The van der Waals surface area contributed by atoms with E-state index in [1.165, 1.54) is 98.1 Å². The summed E-state index contributed by atoms with van der Waals surface area (Å²) in [5, 5.41) is 10.7. The van der Waals surface area contributed by atoms with Gasteiger partial charge in [-0.15, -0.1) is 0 Å². The highest BCUT2D eigenvalue weighted by Gasteiger charge is 2.37. The molecule has 1 fully saturated rings. The summed E-state index contributed by atoms with van der Waals surface area (Å²) in [5.41, 5.74) is 12.0. The summed E-state index contributed by atoms with van der Waals surface area (Å²) in [6.45, 7) is 4.31. The van der Waals surface area contributed by atoms with Crippen molar-refractivity contribution in [3.8, 4) is 16.9 Å². The van der Waals surface area contributed by atoms with Crippen molar-refractivity contribution >= 4 is 40.8 Å². The molecule has 254 valence electrons. The molecule has 2 aliphatic rings. The first-order chi connectivity index (χ1) is 24.3. The summed E-state index contributed by atoms with van der Waals surface area (Å²) in [6, 6.07) is 32.2. The van der Waals surface area contributed by atoms with Crippen LogP contribution in [0.3, 0.4) is 0 Å². The van der Waals surface area contributed by atoms with Gasteiger partial charge in [0.2, 0.25) is 0 Å². The number of nitrogens with two attached hydrogens (primary N) is 1. The van der Waals surface area contributed by atoms with Crippen molar-refractivity contribution in [2.45, 2.75) is 90.7 Å². The summed E-state index contributed by atoms with van der Waals surface area (Å²) in [6.07, 6.45) is 10.7. The third-order valence-electron chi connectivity index (χ3n) is 10.4. The van der Waals surface area contributed by atoms with E-state index in [1.807, 2.05) is 43.3 Å². The van der Waals surface area contributed by atoms with Crippen molar-refractivity contribution in [1.29, 1.82) is 0 Å². The summed E-state index contributed by atoms with van der Waals surface area (Å²) >= 11 is 2.89. The average molecular weight is 698 g/mol. The van der Waals surface area contributed by atoms with Crippen LogP contribution in [-0.2, 0) is 0 Å². The predicted octanol–water partition coefficient (Wildman–Crippen LogP) is 11.9. The van der Waals surface area contributed by atoms with Gasteiger partial charge in [-0.2, -0.15) is 0 Å². The van der Waals surface area contributed by atoms with E-state index >= 15 is 0 Å². The van der Waals surface area contributed by atoms with Crippen LogP contribution in [0.5, 0.6) is 5.75 Å². The molecule has 0 atom stereocenters. The second-order valence-corrected chi connectivity index (χ2v) is 16.0. The number of hydrogen-bond donors (Lipinski definition) is 2. The molecule has 5 aromatic carbocycles. The second kappa shape index (κ2) is 14.9. The number of aryl methyl sites for hydroxylation is 1. The quantitative estimate of drug-likeness (QED) is 0.0842. The van der Waals surface area contributed by atoms with E-state index in [4.69, 9.17) is 5.73 Å². The van der Waals surface area contributed by atoms with Gasteiger partial charge in [-0.3, -0.25) is 9.59 Å². The van der Waals surface area contributed by atoms with E-state index in [-0.39, 0.29) is 28.3 Å². The fourth-order valence-electron chi connectivity index (χ4n) is 7.51. The molecule has 1 saturated carbocycles. The maximum Gasteiger partial charge on any atom is 0.199 e. The van der Waals surface area contributed by atoms with Crippen molar-refractivity contribution < 1.29 is 14.7 Å². The molecule has 4 nitrogen and oxygen atoms in total. The molecule has 6 heteroatoms. The summed E-state index contributed by atoms with van der Waals surface area (Å²) in [7, 11) is 0. The number of anilines is 1. The van der Waals surface area contributed by atoms with Crippen molar-refractivity contribution in [2.75, 3.05) is 5.73 Å². The first kappa shape index (κ1) is 34.2. The van der Waals surface area contributed by atoms with Crippen LogP contribution in [0.1, 0.15) is 107 Å². The standard InChI is InChI=1S/C44H43NO3S2/c1-3-4-5-6-28-9-11-29(12-10-28)30-13-15-31(16-14-30)32-17-21-34(22-18-32)50-37-25-26-38(49-33-19-7-27(2)8-20-33)42-41(37)43(47)39-35(45)23-24-36(46)40(39)44(42)48/h7-8,13-26,28-29,46H,3-6,9-12,45H2,1-2H3. The van der Waals surface area contributed by atoms with Gasteiger partial charge in [0.25, 0.3) is 0 Å². The number of aromatic hydroxyl groups is 1. The van der Waals surface area contributed by atoms with Gasteiger partial charge in [-0.05, 0) is 110 Å². The number of fused-ring (bicyclic) bond motifs is 2. The zero-order valence-corrected chi connectivity index (χ0v) is 30.3. The number of unbranched alkanes of at least 4 members (excludes halogenated alkanes) is 2. The molecule has 5 aromatic rings. The van der Waals surface area contributed by atoms with Crippen LogP contribution in [0.15, 0.2) is 117 Å². The van der Waals surface area contributed by atoms with Gasteiger partial charge in [0.05, 0.1) is 11.1 Å². The Morgan fingerprint density at radius 1 is 0.640 bits per heavy atom. The van der Waals surface area contributed by atoms with Gasteiger partial charge in [0.1, 0.15) is 5.75 Å². The number of rotatable bonds is 10. The maximum absolute atomic E-state index is 14.2. The van der Waals surface area contributed by atoms with E-state index in [2.05, 4.69) is 55.5 Å². The Balaban J connectivity index is 1.12. The van der Waals surface area contributed by atoms with Crippen LogP contribution in [0.2, 0.25) is 0 Å². The Morgan fingerprint density at radius 3 is 1.76 bits per heavy atom. The molecular weight excluding hydrogens is 655 g/mol. The number of phenolic OH excluding ortho intramolecular Hbond substituents is 1. The molecule has 50 heavy (non-hydrogen) atoms. The van der Waals surface area contributed by atoms with Crippen LogP contribution < -0.4 is 5.73 Å². The number of hydrogen-bond acceptors (Lipinski definition) is 6. The molecule has 0 spiro atoms. The molecule has 7 rings (SSSR count). The van der Waals surface area contributed by atoms with Crippen molar-refractivity contribution in [3.05, 3.63) is 130 Å². The first-order valence-corrected chi connectivity index (χ1v) is 19.4. The topological polar surface area (TPSA) is 80.4 Å². The monoisotopic (exact) mass is 697 g/mol. The fraction of sp³-hybridized carbons (Fsp3) is 0.273. The Morgan fingerprint density at radius 2 is 1.18 bits per heavy atom. The average Bonchev–Trinajstić information content (AvgIpc) is 3.14. The lowest BCUT2D eigenvalue weighted by atomic mass is 9.77. The van der Waals surface area contributed by atoms with Crippen LogP contribution in [-0.4, -0.2) is 16.7 Å². The van der Waals surface area contributed by atoms with Gasteiger partial charge < -0.3 is 10.8 Å². The Kier molecular flexibility index (Phi) is 10.2. The minimum absolute atomic E-state index is 0.0270. The molecule has 0 amide bonds. The van der Waals surface area contributed by atoms with Crippen molar-refractivity contribution in [2.24, 2.45) is 5.92 Å². The minimum atomic E-state index is -0.393. The van der Waals surface area contributed by atoms with Crippen molar-refractivity contribution in [3.63, 3.8) is 0 Å². The third-order valence-corrected chi connectivity index (χ3v) is 12.5. The second-order valence-electron chi connectivity index (χ2n) is 13.8. The van der Waals surface area contributed by atoms with E-state index in [9.17, 15) is 14.7 Å². The highest BCUT2D eigenvalue weighted by Crippen LogP contribution is 2.46. The summed E-state index contributed by atoms with van der Waals surface area (Å²) in [5.74, 6) is 0.597. The molecular formula is C44H43NO3S2. The molecule has 0 saturated heterocycles. The summed E-state index contributed by atoms with van der Waals surface area (Å²) in [4.78, 5) is 31.5. The Labute approximate surface area is 303 Å². The van der Waals surface area contributed by atoms with E-state index in [1.54, 1.807) is 0 Å². The maximum atomic E-state index is 14.2. The molecule has 0 unspecified atom stereocenters. The predicted molar refractivity (Wildman–Crippen MR) is 206 cm³/mol. The Hall–Kier alpha value is -4.26. The number of carbonyl (C=O) groups is 2. The van der Waals surface area contributed by atoms with Gasteiger partial charge >= 0.3 is 0 Å². The zero-order chi connectivity index (χ0) is 34.8. The SMILES string of the molecule is CCCCCC1CCC(c2ccc(-c3ccc(Sc4ccc(Sc5ccc(C)cc5)c5c4C(=O)c4c(N)ccc(O)c4C5=O)cc3)cc2)CC1. The molecule has 0 bridgehead atoms. The van der Waals surface area contributed by atoms with Gasteiger partial charge in [0.15, 0.2) is 11.6 Å². The number of phenols is 1. The molecule has 0 aromatic heterocycles. The highest BCUT2D eigenvalue weighted by atomic mass is 32.2. The zero-order valence-electron chi connectivity index (χ0n) is 28.7. The normalized spacial score (nSPS) is 17.0. The lowest BCUT2D eigenvalue weighted by Gasteiger charge is -2.29. The van der Waals surface area contributed by atoms with Gasteiger partial charge in [-0.1, -0.05) is 110 Å². The van der Waals surface area contributed by atoms with Gasteiger partial charge in [-0.25, -0.2) is 0 Å². The molecule has 0 radical (unpaired) electrons. The molecule has 3 N–H and O–H groups in total. The largest absolute Gasteiger partial charge is 0.507 e. The van der Waals surface area contributed by atoms with Crippen LogP contribution in [0.4, 0.5) is 5.69 Å². The number of ketones is 2. The lowest BCUT2D eigenvalue weighted by molar-refractivity contribution is 0.0973. The fourth-order valence-corrected chi connectivity index (χ4v) is 9.43. The summed E-state index contributed by atoms with van der Waals surface area (Å²) < 4.78 is 0. The third kappa shape index (κ3) is 7.01. The first-order valence-electron chi connectivity index (χ1n) is 17.8. The Bertz CT molecular complexity index is 2030. The van der Waals surface area contributed by atoms with E-state index < -0.39 is 5.78 Å².